The van der Waals surface area contributed by atoms with Gasteiger partial charge in [-0.25, -0.2) is 9.97 Å². The summed E-state index contributed by atoms with van der Waals surface area (Å²) in [6, 6.07) is 12.6. The lowest BCUT2D eigenvalue weighted by Gasteiger charge is -2.07. The van der Waals surface area contributed by atoms with Crippen LogP contribution in [0.3, 0.4) is 0 Å². The Kier molecular flexibility index (Phi) is 3.73. The summed E-state index contributed by atoms with van der Waals surface area (Å²) in [5.41, 5.74) is 1.86. The van der Waals surface area contributed by atoms with Crippen LogP contribution in [0, 0.1) is 0 Å². The highest BCUT2D eigenvalue weighted by atomic mass is 16.3. The van der Waals surface area contributed by atoms with Crippen LogP contribution in [0.1, 0.15) is 5.56 Å². The topological polar surface area (TPSA) is 70.9 Å². The van der Waals surface area contributed by atoms with Gasteiger partial charge in [0.05, 0.1) is 0 Å². The summed E-state index contributed by atoms with van der Waals surface area (Å²) in [6.45, 7) is 0.643. The highest BCUT2D eigenvalue weighted by Crippen LogP contribution is 2.20. The first-order chi connectivity index (χ1) is 10.3. The number of phenols is 1. The van der Waals surface area contributed by atoms with Gasteiger partial charge in [-0.05, 0) is 29.8 Å². The van der Waals surface area contributed by atoms with Crippen LogP contribution in [0.25, 0.3) is 11.4 Å². The van der Waals surface area contributed by atoms with Crippen molar-refractivity contribution in [1.82, 2.24) is 15.0 Å². The van der Waals surface area contributed by atoms with Crippen LogP contribution in [0.4, 0.5) is 5.82 Å². The van der Waals surface area contributed by atoms with Crippen LogP contribution in [-0.2, 0) is 6.54 Å². The highest BCUT2D eigenvalue weighted by Gasteiger charge is 2.03. The number of aromatic hydroxyl groups is 1. The minimum Gasteiger partial charge on any atom is -0.508 e. The maximum Gasteiger partial charge on any atom is 0.161 e. The molecule has 0 radical (unpaired) electrons. The molecule has 3 aromatic rings. The number of rotatable bonds is 4. The maximum atomic E-state index is 9.52. The molecular weight excluding hydrogens is 264 g/mol. The van der Waals surface area contributed by atoms with Crippen molar-refractivity contribution < 1.29 is 5.11 Å². The third-order valence-corrected chi connectivity index (χ3v) is 2.96. The van der Waals surface area contributed by atoms with E-state index in [1.807, 2.05) is 30.5 Å². The van der Waals surface area contributed by atoms with E-state index in [1.165, 1.54) is 0 Å². The molecule has 5 heteroatoms. The normalized spacial score (nSPS) is 10.3. The van der Waals surface area contributed by atoms with Crippen LogP contribution < -0.4 is 5.32 Å². The van der Waals surface area contributed by atoms with E-state index in [9.17, 15) is 5.11 Å². The molecule has 0 aliphatic heterocycles. The molecule has 5 nitrogen and oxygen atoms in total. The fraction of sp³-hybridized carbons (Fsp3) is 0.0625. The average molecular weight is 278 g/mol. The van der Waals surface area contributed by atoms with Gasteiger partial charge in [0, 0.05) is 30.7 Å². The Hall–Kier alpha value is -2.95. The van der Waals surface area contributed by atoms with E-state index >= 15 is 0 Å². The highest BCUT2D eigenvalue weighted by molar-refractivity contribution is 5.58. The second-order valence-electron chi connectivity index (χ2n) is 4.53. The quantitative estimate of drug-likeness (QED) is 0.768. The van der Waals surface area contributed by atoms with E-state index in [4.69, 9.17) is 0 Å². The number of hydrogen-bond acceptors (Lipinski definition) is 5. The monoisotopic (exact) mass is 278 g/mol. The Labute approximate surface area is 122 Å². The van der Waals surface area contributed by atoms with Crippen LogP contribution in [-0.4, -0.2) is 20.1 Å². The van der Waals surface area contributed by atoms with E-state index in [-0.39, 0.29) is 5.75 Å². The zero-order valence-corrected chi connectivity index (χ0v) is 11.3. The van der Waals surface area contributed by atoms with Gasteiger partial charge in [-0.1, -0.05) is 18.2 Å². The molecule has 1 aromatic carbocycles. The number of benzene rings is 1. The number of nitrogens with one attached hydrogen (secondary N) is 1. The summed E-state index contributed by atoms with van der Waals surface area (Å²) in [6.07, 6.45) is 5.25. The molecule has 3 rings (SSSR count). The maximum absolute atomic E-state index is 9.52. The molecule has 0 bridgehead atoms. The number of nitrogens with zero attached hydrogens (tertiary/aromatic N) is 3. The van der Waals surface area contributed by atoms with Crippen LogP contribution in [0.15, 0.2) is 61.1 Å². The molecule has 0 saturated heterocycles. The van der Waals surface area contributed by atoms with Gasteiger partial charge < -0.3 is 10.4 Å². The van der Waals surface area contributed by atoms with Crippen molar-refractivity contribution >= 4 is 5.82 Å². The molecule has 0 spiro atoms. The Balaban J connectivity index is 1.77. The third kappa shape index (κ3) is 3.33. The predicted octanol–water partition coefficient (Wildman–Crippen LogP) is 2.86. The fourth-order valence-corrected chi connectivity index (χ4v) is 1.94. The van der Waals surface area contributed by atoms with Crippen LogP contribution >= 0.6 is 0 Å². The fourth-order valence-electron chi connectivity index (χ4n) is 1.94. The van der Waals surface area contributed by atoms with E-state index in [1.54, 1.807) is 30.6 Å². The Morgan fingerprint density at radius 1 is 1.05 bits per heavy atom. The molecule has 21 heavy (non-hydrogen) atoms. The average Bonchev–Trinajstić information content (AvgIpc) is 2.54. The SMILES string of the molecule is Oc1cccc(-c2nccc(NCc3cccnc3)n2)c1. The zero-order valence-electron chi connectivity index (χ0n) is 11.3. The summed E-state index contributed by atoms with van der Waals surface area (Å²) in [5, 5.41) is 12.7. The third-order valence-electron chi connectivity index (χ3n) is 2.96. The van der Waals surface area contributed by atoms with Crippen molar-refractivity contribution in [3.63, 3.8) is 0 Å². The second kappa shape index (κ2) is 6.00. The van der Waals surface area contributed by atoms with Gasteiger partial charge >= 0.3 is 0 Å². The lowest BCUT2D eigenvalue weighted by atomic mass is 10.2. The molecule has 2 N–H and O–H groups in total. The van der Waals surface area contributed by atoms with Gasteiger partial charge in [-0.2, -0.15) is 0 Å². The van der Waals surface area contributed by atoms with Crippen LogP contribution in [0.2, 0.25) is 0 Å². The van der Waals surface area contributed by atoms with Gasteiger partial charge in [0.25, 0.3) is 0 Å². The number of hydrogen-bond donors (Lipinski definition) is 2. The Morgan fingerprint density at radius 3 is 2.81 bits per heavy atom. The molecular formula is C16H14N4O. The first kappa shape index (κ1) is 13.1. The number of pyridine rings is 1. The summed E-state index contributed by atoms with van der Waals surface area (Å²) in [4.78, 5) is 12.7. The summed E-state index contributed by atoms with van der Waals surface area (Å²) < 4.78 is 0. The lowest BCUT2D eigenvalue weighted by Crippen LogP contribution is -2.02. The van der Waals surface area contributed by atoms with Crippen molar-refractivity contribution in [2.24, 2.45) is 0 Å². The Morgan fingerprint density at radius 2 is 2.00 bits per heavy atom. The van der Waals surface area contributed by atoms with Crippen molar-refractivity contribution in [1.29, 1.82) is 0 Å². The second-order valence-corrected chi connectivity index (χ2v) is 4.53. The van der Waals surface area contributed by atoms with Gasteiger partial charge in [0.1, 0.15) is 11.6 Å². The largest absolute Gasteiger partial charge is 0.508 e. The molecule has 0 atom stereocenters. The van der Waals surface area contributed by atoms with E-state index in [2.05, 4.69) is 20.3 Å². The summed E-state index contributed by atoms with van der Waals surface area (Å²) in [5.74, 6) is 1.50. The zero-order chi connectivity index (χ0) is 14.5. The molecule has 0 aliphatic carbocycles. The van der Waals surface area contributed by atoms with E-state index < -0.39 is 0 Å². The minimum atomic E-state index is 0.199. The molecule has 0 unspecified atom stereocenters. The van der Waals surface area contributed by atoms with Gasteiger partial charge in [0.2, 0.25) is 0 Å². The van der Waals surface area contributed by atoms with Gasteiger partial charge in [0.15, 0.2) is 5.82 Å². The summed E-state index contributed by atoms with van der Waals surface area (Å²) in [7, 11) is 0. The van der Waals surface area contributed by atoms with E-state index in [0.29, 0.717) is 12.4 Å². The van der Waals surface area contributed by atoms with Crippen LogP contribution in [0.5, 0.6) is 5.75 Å². The predicted molar refractivity (Wildman–Crippen MR) is 80.7 cm³/mol. The first-order valence-electron chi connectivity index (χ1n) is 6.56. The lowest BCUT2D eigenvalue weighted by molar-refractivity contribution is 0.475. The molecule has 0 aliphatic rings. The van der Waals surface area contributed by atoms with Crippen molar-refractivity contribution in [3.8, 4) is 17.1 Å². The van der Waals surface area contributed by atoms with Crippen molar-refractivity contribution in [2.75, 3.05) is 5.32 Å². The molecule has 104 valence electrons. The molecule has 2 heterocycles. The van der Waals surface area contributed by atoms with Crippen molar-refractivity contribution in [3.05, 3.63) is 66.6 Å². The number of phenolic OH excluding ortho intramolecular Hbond substituents is 1. The molecule has 0 amide bonds. The molecule has 2 aromatic heterocycles. The smallest absolute Gasteiger partial charge is 0.161 e. The van der Waals surface area contributed by atoms with Gasteiger partial charge in [-0.15, -0.1) is 0 Å². The van der Waals surface area contributed by atoms with E-state index in [0.717, 1.165) is 16.9 Å². The van der Waals surface area contributed by atoms with Crippen molar-refractivity contribution in [2.45, 2.75) is 6.54 Å². The number of aromatic nitrogens is 3. The first-order valence-corrected chi connectivity index (χ1v) is 6.56. The standard InChI is InChI=1S/C16H14N4O/c21-14-5-1-4-13(9-14)16-18-8-6-15(20-16)19-11-12-3-2-7-17-10-12/h1-10,21H,11H2,(H,18,19,20). The van der Waals surface area contributed by atoms with Gasteiger partial charge in [-0.3, -0.25) is 4.98 Å². The number of anilines is 1. The Bertz CT molecular complexity index is 731. The summed E-state index contributed by atoms with van der Waals surface area (Å²) >= 11 is 0. The molecule has 0 saturated carbocycles. The minimum absolute atomic E-state index is 0.199. The molecule has 0 fully saturated rings.